The molecule has 19 heavy (non-hydrogen) atoms. The second kappa shape index (κ2) is 6.02. The summed E-state index contributed by atoms with van der Waals surface area (Å²) < 4.78 is 11.1. The minimum atomic E-state index is 0.510. The van der Waals surface area contributed by atoms with Crippen LogP contribution in [0.25, 0.3) is 0 Å². The summed E-state index contributed by atoms with van der Waals surface area (Å²) in [5.74, 6) is 2.09. The van der Waals surface area contributed by atoms with Crippen LogP contribution >= 0.6 is 0 Å². The van der Waals surface area contributed by atoms with E-state index in [2.05, 4.69) is 11.8 Å². The van der Waals surface area contributed by atoms with Crippen LogP contribution in [-0.4, -0.2) is 31.8 Å². The lowest BCUT2D eigenvalue weighted by atomic mass is 10.00. The smallest absolute Gasteiger partial charge is 0.165 e. The molecule has 1 aromatic rings. The van der Waals surface area contributed by atoms with Gasteiger partial charge in [0, 0.05) is 25.2 Å². The lowest BCUT2D eigenvalue weighted by molar-refractivity contribution is 0.0894. The van der Waals surface area contributed by atoms with Gasteiger partial charge in [-0.05, 0) is 18.8 Å². The fraction of sp³-hybridized carbons (Fsp3) is 0.571. The second-order valence-electron chi connectivity index (χ2n) is 5.21. The van der Waals surface area contributed by atoms with E-state index in [0.717, 1.165) is 19.0 Å². The molecule has 5 nitrogen and oxygen atoms in total. The SMILES string of the molecule is COc1cc(N)c(N)cc1OCN1CCC(C)CC1. The lowest BCUT2D eigenvalue weighted by Gasteiger charge is -2.30. The van der Waals surface area contributed by atoms with E-state index in [1.165, 1.54) is 12.8 Å². The fourth-order valence-corrected chi connectivity index (χ4v) is 2.22. The Hall–Kier alpha value is -1.62. The van der Waals surface area contributed by atoms with Crippen molar-refractivity contribution < 1.29 is 9.47 Å². The van der Waals surface area contributed by atoms with Gasteiger partial charge in [0.15, 0.2) is 11.5 Å². The first-order valence-electron chi connectivity index (χ1n) is 6.68. The van der Waals surface area contributed by atoms with Gasteiger partial charge in [-0.25, -0.2) is 0 Å². The molecule has 0 bridgehead atoms. The van der Waals surface area contributed by atoms with E-state index in [-0.39, 0.29) is 0 Å². The van der Waals surface area contributed by atoms with Crippen molar-refractivity contribution in [3.8, 4) is 11.5 Å². The summed E-state index contributed by atoms with van der Waals surface area (Å²) in [6, 6.07) is 3.42. The van der Waals surface area contributed by atoms with Crippen molar-refractivity contribution >= 4 is 11.4 Å². The van der Waals surface area contributed by atoms with Crippen molar-refractivity contribution in [3.63, 3.8) is 0 Å². The Morgan fingerprint density at radius 1 is 1.16 bits per heavy atom. The first kappa shape index (κ1) is 13.8. The summed E-state index contributed by atoms with van der Waals surface area (Å²) in [5.41, 5.74) is 12.6. The Morgan fingerprint density at radius 2 is 1.74 bits per heavy atom. The number of piperidine rings is 1. The average Bonchev–Trinajstić information content (AvgIpc) is 2.41. The average molecular weight is 265 g/mol. The highest BCUT2D eigenvalue weighted by Gasteiger charge is 2.16. The number of nitrogen functional groups attached to an aromatic ring is 2. The molecule has 0 unspecified atom stereocenters. The highest BCUT2D eigenvalue weighted by Crippen LogP contribution is 2.33. The molecule has 5 heteroatoms. The van der Waals surface area contributed by atoms with Crippen LogP contribution < -0.4 is 20.9 Å². The number of ether oxygens (including phenoxy) is 2. The van der Waals surface area contributed by atoms with Gasteiger partial charge >= 0.3 is 0 Å². The summed E-state index contributed by atoms with van der Waals surface area (Å²) in [7, 11) is 1.60. The third-order valence-corrected chi connectivity index (χ3v) is 3.65. The number of hydrogen-bond acceptors (Lipinski definition) is 5. The van der Waals surface area contributed by atoms with Gasteiger partial charge in [-0.1, -0.05) is 6.92 Å². The summed E-state index contributed by atoms with van der Waals surface area (Å²) in [4.78, 5) is 2.30. The Kier molecular flexibility index (Phi) is 4.37. The number of hydrogen-bond donors (Lipinski definition) is 2. The lowest BCUT2D eigenvalue weighted by Crippen LogP contribution is -2.35. The third kappa shape index (κ3) is 3.44. The normalized spacial score (nSPS) is 17.4. The van der Waals surface area contributed by atoms with Crippen LogP contribution in [0.15, 0.2) is 12.1 Å². The molecule has 106 valence electrons. The summed E-state index contributed by atoms with van der Waals surface area (Å²) >= 11 is 0. The van der Waals surface area contributed by atoms with Crippen molar-refractivity contribution in [2.24, 2.45) is 5.92 Å². The van der Waals surface area contributed by atoms with Crippen molar-refractivity contribution in [3.05, 3.63) is 12.1 Å². The molecule has 0 radical (unpaired) electrons. The van der Waals surface area contributed by atoms with Crippen LogP contribution in [0.5, 0.6) is 11.5 Å². The minimum Gasteiger partial charge on any atom is -0.493 e. The fourth-order valence-electron chi connectivity index (χ4n) is 2.22. The van der Waals surface area contributed by atoms with E-state index in [4.69, 9.17) is 20.9 Å². The molecule has 1 heterocycles. The van der Waals surface area contributed by atoms with Crippen molar-refractivity contribution in [1.29, 1.82) is 0 Å². The van der Waals surface area contributed by atoms with E-state index in [9.17, 15) is 0 Å². The highest BCUT2D eigenvalue weighted by atomic mass is 16.5. The molecule has 0 saturated carbocycles. The van der Waals surface area contributed by atoms with Gasteiger partial charge in [0.25, 0.3) is 0 Å². The zero-order valence-electron chi connectivity index (χ0n) is 11.7. The quantitative estimate of drug-likeness (QED) is 0.814. The molecule has 0 aromatic heterocycles. The maximum absolute atomic E-state index is 5.80. The summed E-state index contributed by atoms with van der Waals surface area (Å²) in [5, 5.41) is 0. The molecule has 0 atom stereocenters. The van der Waals surface area contributed by atoms with Crippen LogP contribution in [0.2, 0.25) is 0 Å². The van der Waals surface area contributed by atoms with Crippen LogP contribution in [0, 0.1) is 5.92 Å². The molecule has 0 spiro atoms. The Bertz CT molecular complexity index is 429. The largest absolute Gasteiger partial charge is 0.493 e. The molecule has 1 saturated heterocycles. The molecule has 1 aliphatic heterocycles. The van der Waals surface area contributed by atoms with Crippen LogP contribution in [0.3, 0.4) is 0 Å². The molecule has 1 fully saturated rings. The topological polar surface area (TPSA) is 73.7 Å². The first-order chi connectivity index (χ1) is 9.10. The number of anilines is 2. The van der Waals surface area contributed by atoms with Crippen molar-refractivity contribution in [2.75, 3.05) is 38.4 Å². The predicted molar refractivity (Wildman–Crippen MR) is 77.3 cm³/mol. The number of methoxy groups -OCH3 is 1. The number of benzene rings is 1. The second-order valence-corrected chi connectivity index (χ2v) is 5.21. The molecule has 4 N–H and O–H groups in total. The van der Waals surface area contributed by atoms with E-state index < -0.39 is 0 Å². The third-order valence-electron chi connectivity index (χ3n) is 3.65. The van der Waals surface area contributed by atoms with Gasteiger partial charge in [-0.2, -0.15) is 0 Å². The summed E-state index contributed by atoms with van der Waals surface area (Å²) in [6.45, 7) is 5.01. The highest BCUT2D eigenvalue weighted by molar-refractivity contribution is 5.69. The van der Waals surface area contributed by atoms with Crippen LogP contribution in [-0.2, 0) is 0 Å². The molecule has 0 amide bonds. The molecule has 2 rings (SSSR count). The molecule has 1 aliphatic rings. The molecular weight excluding hydrogens is 242 g/mol. The van der Waals surface area contributed by atoms with Gasteiger partial charge in [0.05, 0.1) is 18.5 Å². The van der Waals surface area contributed by atoms with Gasteiger partial charge in [-0.15, -0.1) is 0 Å². The summed E-state index contributed by atoms with van der Waals surface area (Å²) in [6.07, 6.45) is 2.45. The Morgan fingerprint density at radius 3 is 2.32 bits per heavy atom. The standard InChI is InChI=1S/C14H23N3O2/c1-10-3-5-17(6-4-10)9-19-14-8-12(16)11(15)7-13(14)18-2/h7-8,10H,3-6,9,15-16H2,1-2H3. The van der Waals surface area contributed by atoms with E-state index in [1.807, 2.05) is 0 Å². The number of nitrogens with zero attached hydrogens (tertiary/aromatic N) is 1. The number of likely N-dealkylation sites (tertiary alicyclic amines) is 1. The monoisotopic (exact) mass is 265 g/mol. The van der Waals surface area contributed by atoms with E-state index in [0.29, 0.717) is 29.6 Å². The number of rotatable bonds is 4. The first-order valence-corrected chi connectivity index (χ1v) is 6.68. The van der Waals surface area contributed by atoms with Gasteiger partial charge in [-0.3, -0.25) is 4.90 Å². The molecule has 1 aromatic carbocycles. The minimum absolute atomic E-state index is 0.510. The Labute approximate surface area is 114 Å². The number of nitrogens with two attached hydrogens (primary N) is 2. The van der Waals surface area contributed by atoms with E-state index in [1.54, 1.807) is 19.2 Å². The molecular formula is C14H23N3O2. The van der Waals surface area contributed by atoms with Crippen molar-refractivity contribution in [2.45, 2.75) is 19.8 Å². The van der Waals surface area contributed by atoms with Gasteiger partial charge < -0.3 is 20.9 Å². The Balaban J connectivity index is 1.97. The van der Waals surface area contributed by atoms with Crippen LogP contribution in [0.4, 0.5) is 11.4 Å². The molecule has 0 aliphatic carbocycles. The van der Waals surface area contributed by atoms with Gasteiger partial charge in [0.2, 0.25) is 0 Å². The van der Waals surface area contributed by atoms with Crippen LogP contribution in [0.1, 0.15) is 19.8 Å². The maximum atomic E-state index is 5.80. The maximum Gasteiger partial charge on any atom is 0.165 e. The van der Waals surface area contributed by atoms with E-state index >= 15 is 0 Å². The van der Waals surface area contributed by atoms with Gasteiger partial charge in [0.1, 0.15) is 6.73 Å². The van der Waals surface area contributed by atoms with Crippen molar-refractivity contribution in [1.82, 2.24) is 4.90 Å². The predicted octanol–water partition coefficient (Wildman–Crippen LogP) is 1.93. The zero-order chi connectivity index (χ0) is 13.8. The zero-order valence-corrected chi connectivity index (χ0v) is 11.7.